The first-order valence-electron chi connectivity index (χ1n) is 27.8. The highest BCUT2D eigenvalue weighted by molar-refractivity contribution is 9.10. The van der Waals surface area contributed by atoms with Crippen LogP contribution in [0.4, 0.5) is 28.8 Å². The standard InChI is InChI=1S/C59H74BrN14O6PS/c1-36(38-15-17-39(18-16-38)53-37(2)64-35-82-53)66-56(77)48-28-41(75)34-74(48)57(78)54(59(3,4)5)69-50(76)14-12-10-11-13-23-72-24-26-73(27-25-72)47-30-49(80-7)46(29-42(47)40-31-65-71(6)33-40)68-58-63-32-43(60)55(70-58)67-45-20-19-44-51(62-22-21-61-44)52(45)81(8,9)79/h15-22,29-33,35-36,41,48,54,75H,10-14,23-28,34H2,1-9H3,(H,66,77)(H,69,76)(H2,63,67,68,70)/t36-,41?,48?,54?/m0/s1. The number of likely N-dealkylation sites (tertiary alicyclic amines) is 1. The number of unbranched alkanes of at least 4 members (excludes halogenated alkanes) is 3. The number of ether oxygens (including phenoxy) is 1. The van der Waals surface area contributed by atoms with Gasteiger partial charge in [-0.05, 0) is 97.2 Å². The number of methoxy groups -OCH3 is 1. The fourth-order valence-corrected chi connectivity index (χ4v) is 13.3. The number of benzene rings is 3. The number of amides is 3. The number of aryl methyl sites for hydroxylation is 2. The van der Waals surface area contributed by atoms with Gasteiger partial charge in [0.05, 0.1) is 68.2 Å². The molecule has 6 heterocycles. The molecule has 7 aromatic rings. The van der Waals surface area contributed by atoms with Gasteiger partial charge in [0.2, 0.25) is 23.7 Å². The lowest BCUT2D eigenvalue weighted by Gasteiger charge is -2.37. The van der Waals surface area contributed by atoms with Gasteiger partial charge in [-0.1, -0.05) is 57.9 Å². The molecule has 9 rings (SSSR count). The number of aliphatic hydroxyl groups excluding tert-OH is 1. The Morgan fingerprint density at radius 3 is 2.33 bits per heavy atom. The minimum absolute atomic E-state index is 0.0149. The van der Waals surface area contributed by atoms with Crippen molar-refractivity contribution in [2.75, 3.05) is 75.2 Å². The molecule has 0 radical (unpaired) electrons. The zero-order valence-electron chi connectivity index (χ0n) is 48.1. The monoisotopic (exact) mass is 1220 g/mol. The lowest BCUT2D eigenvalue weighted by molar-refractivity contribution is -0.144. The van der Waals surface area contributed by atoms with Gasteiger partial charge < -0.3 is 45.5 Å². The topological polar surface area (TPSA) is 238 Å². The van der Waals surface area contributed by atoms with Crippen LogP contribution in [0, 0.1) is 12.3 Å². The van der Waals surface area contributed by atoms with Crippen molar-refractivity contribution < 1.29 is 28.8 Å². The summed E-state index contributed by atoms with van der Waals surface area (Å²) >= 11 is 5.19. The van der Waals surface area contributed by atoms with Crippen LogP contribution in [0.25, 0.3) is 32.6 Å². The number of nitrogens with zero attached hydrogens (tertiary/aromatic N) is 10. The van der Waals surface area contributed by atoms with Crippen molar-refractivity contribution in [3.63, 3.8) is 0 Å². The van der Waals surface area contributed by atoms with Crippen LogP contribution in [0.1, 0.15) is 83.5 Å². The van der Waals surface area contributed by atoms with Gasteiger partial charge in [-0.2, -0.15) is 10.1 Å². The predicted octanol–water partition coefficient (Wildman–Crippen LogP) is 9.20. The molecule has 20 nitrogen and oxygen atoms in total. The van der Waals surface area contributed by atoms with Crippen LogP contribution in [-0.4, -0.2) is 145 Å². The van der Waals surface area contributed by atoms with E-state index in [-0.39, 0.29) is 43.1 Å². The number of hydrogen-bond acceptors (Lipinski definition) is 17. The van der Waals surface area contributed by atoms with Crippen LogP contribution in [0.3, 0.4) is 0 Å². The third-order valence-corrected chi connectivity index (χ3v) is 18.2. The number of aromatic nitrogens is 7. The van der Waals surface area contributed by atoms with E-state index in [1.807, 2.05) is 102 Å². The van der Waals surface area contributed by atoms with Crippen molar-refractivity contribution in [1.82, 2.24) is 55.1 Å². The van der Waals surface area contributed by atoms with Gasteiger partial charge in [0.25, 0.3) is 0 Å². The van der Waals surface area contributed by atoms with E-state index in [1.165, 1.54) is 4.90 Å². The number of thiazole rings is 1. The van der Waals surface area contributed by atoms with Gasteiger partial charge in [-0.15, -0.1) is 11.3 Å². The smallest absolute Gasteiger partial charge is 0.246 e. The average molecular weight is 1220 g/mol. The zero-order chi connectivity index (χ0) is 58.5. The van der Waals surface area contributed by atoms with Gasteiger partial charge in [-0.25, -0.2) is 9.97 Å². The molecule has 3 aromatic carbocycles. The predicted molar refractivity (Wildman–Crippen MR) is 328 cm³/mol. The number of carbonyl (C=O) groups excluding carboxylic acids is 3. The summed E-state index contributed by atoms with van der Waals surface area (Å²) in [5.41, 5.74) is 9.56. The molecule has 0 bridgehead atoms. The molecule has 434 valence electrons. The minimum Gasteiger partial charge on any atom is -0.494 e. The lowest BCUT2D eigenvalue weighted by Crippen LogP contribution is -2.57. The van der Waals surface area contributed by atoms with Crippen LogP contribution in [0.5, 0.6) is 5.75 Å². The summed E-state index contributed by atoms with van der Waals surface area (Å²) in [4.78, 5) is 71.7. The van der Waals surface area contributed by atoms with Crippen LogP contribution in [-0.2, 0) is 26.0 Å². The fraction of sp³-hybridized carbons (Fsp3) is 0.441. The van der Waals surface area contributed by atoms with E-state index in [9.17, 15) is 24.1 Å². The number of rotatable bonds is 21. The molecule has 2 aliphatic rings. The van der Waals surface area contributed by atoms with E-state index in [1.54, 1.807) is 55.0 Å². The third kappa shape index (κ3) is 14.1. The summed E-state index contributed by atoms with van der Waals surface area (Å²) < 4.78 is 22.1. The molecular weight excluding hydrogens is 1140 g/mol. The zero-order valence-corrected chi connectivity index (χ0v) is 51.4. The van der Waals surface area contributed by atoms with Crippen LogP contribution < -0.4 is 36.2 Å². The molecule has 82 heavy (non-hydrogen) atoms. The Balaban J connectivity index is 0.760. The van der Waals surface area contributed by atoms with Crippen LogP contribution in [0.15, 0.2) is 89.5 Å². The molecule has 4 aromatic heterocycles. The second-order valence-corrected chi connectivity index (χ2v) is 27.6. The lowest BCUT2D eigenvalue weighted by atomic mass is 9.85. The number of carbonyl (C=O) groups is 3. The Bertz CT molecular complexity index is 3470. The van der Waals surface area contributed by atoms with E-state index in [0.717, 1.165) is 90.5 Å². The Morgan fingerprint density at radius 2 is 1.65 bits per heavy atom. The number of β-amino-alcohol motifs (C(OH)–C–C–N with tert-alkyl or cyclic N) is 1. The summed E-state index contributed by atoms with van der Waals surface area (Å²) in [5, 5.41) is 28.7. The van der Waals surface area contributed by atoms with Gasteiger partial charge in [0.15, 0.2) is 0 Å². The molecule has 2 aliphatic heterocycles. The fourth-order valence-electron chi connectivity index (χ4n) is 10.8. The third-order valence-electron chi connectivity index (χ3n) is 15.1. The summed E-state index contributed by atoms with van der Waals surface area (Å²) in [5.74, 6) is 0.469. The molecule has 0 saturated carbocycles. The molecule has 2 saturated heterocycles. The normalized spacial score (nSPS) is 16.7. The molecule has 5 N–H and O–H groups in total. The quantitative estimate of drug-likeness (QED) is 0.0333. The van der Waals surface area contributed by atoms with Crippen molar-refractivity contribution in [3.8, 4) is 27.3 Å². The number of anilines is 5. The van der Waals surface area contributed by atoms with Crippen molar-refractivity contribution in [2.45, 2.75) is 97.4 Å². The summed E-state index contributed by atoms with van der Waals surface area (Å²) in [7, 11) is 0.716. The van der Waals surface area contributed by atoms with Crippen molar-refractivity contribution in [2.24, 2.45) is 12.5 Å². The SMILES string of the molecule is COc1cc(N2CCN(CCCCCCC(=O)NC(C(=O)N3CC(O)CC3C(=O)N[C@@H](C)c3ccc(-c4scnc4C)cc3)C(C)(C)C)CC2)c(-c2cnn(C)c2)cc1Nc1ncc(Br)c(Nc2ccc3nccnc3c2P(C)(C)=O)n1. The molecule has 23 heteroatoms. The van der Waals surface area contributed by atoms with Gasteiger partial charge in [-0.3, -0.25) is 33.9 Å². The Kier molecular flexibility index (Phi) is 18.8. The van der Waals surface area contributed by atoms with E-state index in [2.05, 4.69) is 78.1 Å². The van der Waals surface area contributed by atoms with Crippen LogP contribution in [0.2, 0.25) is 0 Å². The van der Waals surface area contributed by atoms with E-state index >= 15 is 0 Å². The molecule has 3 unspecified atom stereocenters. The van der Waals surface area contributed by atoms with Crippen LogP contribution >= 0.6 is 34.4 Å². The maximum atomic E-state index is 14.3. The maximum Gasteiger partial charge on any atom is 0.246 e. The number of hydrogen-bond donors (Lipinski definition) is 5. The van der Waals surface area contributed by atoms with E-state index in [4.69, 9.17) is 9.72 Å². The molecule has 0 spiro atoms. The molecular formula is C59H74BrN14O6PS. The highest BCUT2D eigenvalue weighted by Crippen LogP contribution is 2.43. The molecule has 2 fully saturated rings. The summed E-state index contributed by atoms with van der Waals surface area (Å²) in [6.45, 7) is 17.3. The maximum absolute atomic E-state index is 14.3. The Hall–Kier alpha value is -6.84. The summed E-state index contributed by atoms with van der Waals surface area (Å²) in [6, 6.07) is 13.7. The van der Waals surface area contributed by atoms with Gasteiger partial charge >= 0.3 is 0 Å². The average Bonchev–Trinajstić information content (AvgIpc) is 4.27. The highest BCUT2D eigenvalue weighted by Gasteiger charge is 2.45. The van der Waals surface area contributed by atoms with Crippen molar-refractivity contribution in [3.05, 3.63) is 101 Å². The first kappa shape index (κ1) is 59.8. The Labute approximate surface area is 491 Å². The number of fused-ring (bicyclic) bond motifs is 1. The van der Waals surface area contributed by atoms with Gasteiger partial charge in [0, 0.05) is 100 Å². The first-order chi connectivity index (χ1) is 39.1. The molecule has 4 atom stereocenters. The summed E-state index contributed by atoms with van der Waals surface area (Å²) in [6.07, 6.45) is 11.8. The minimum atomic E-state index is -2.82. The number of halogens is 1. The largest absolute Gasteiger partial charge is 0.494 e. The first-order valence-corrected chi connectivity index (χ1v) is 32.1. The molecule has 3 amide bonds. The van der Waals surface area contributed by atoms with Crippen molar-refractivity contribution in [1.29, 1.82) is 0 Å². The number of nitrogens with one attached hydrogen (secondary N) is 4. The highest BCUT2D eigenvalue weighted by atomic mass is 79.9. The number of aliphatic hydroxyl groups is 1. The van der Waals surface area contributed by atoms with E-state index in [0.29, 0.717) is 56.1 Å². The second-order valence-electron chi connectivity index (χ2n) is 22.7. The van der Waals surface area contributed by atoms with Gasteiger partial charge in [0.1, 0.15) is 36.3 Å². The number of piperazine rings is 1. The second kappa shape index (κ2) is 25.7. The van der Waals surface area contributed by atoms with E-state index < -0.39 is 30.7 Å². The van der Waals surface area contributed by atoms with Crippen molar-refractivity contribution >= 4 is 97.3 Å². The molecule has 0 aliphatic carbocycles. The Morgan fingerprint density at radius 1 is 0.902 bits per heavy atom.